The summed E-state index contributed by atoms with van der Waals surface area (Å²) in [6.07, 6.45) is 0.977. The average Bonchev–Trinajstić information content (AvgIpc) is 3.52. The summed E-state index contributed by atoms with van der Waals surface area (Å²) in [5.41, 5.74) is 4.50. The van der Waals surface area contributed by atoms with Crippen LogP contribution in [-0.4, -0.2) is 40.8 Å². The van der Waals surface area contributed by atoms with Crippen LogP contribution >= 0.6 is 11.3 Å². The van der Waals surface area contributed by atoms with E-state index < -0.39 is 18.0 Å². The SMILES string of the molecule is COc1cnc2c(-c3nc4cc(F)c5c(c4s3)CC(CNC(=O)Oc3ccccc3)O5)cc(C)cc2n1. The number of fused-ring (bicyclic) bond motifs is 4. The zero-order valence-corrected chi connectivity index (χ0v) is 20.8. The van der Waals surface area contributed by atoms with Crippen molar-refractivity contribution in [2.45, 2.75) is 19.4 Å². The molecule has 0 saturated heterocycles. The van der Waals surface area contributed by atoms with E-state index >= 15 is 0 Å². The molecule has 0 spiro atoms. The fourth-order valence-corrected chi connectivity index (χ4v) is 5.51. The lowest BCUT2D eigenvalue weighted by Crippen LogP contribution is -2.36. The van der Waals surface area contributed by atoms with Gasteiger partial charge in [-0.15, -0.1) is 11.3 Å². The number of rotatable bonds is 5. The van der Waals surface area contributed by atoms with Crippen molar-refractivity contribution in [3.8, 4) is 28.0 Å². The quantitative estimate of drug-likeness (QED) is 0.332. The third-order valence-electron chi connectivity index (χ3n) is 6.03. The predicted molar refractivity (Wildman–Crippen MR) is 138 cm³/mol. The molecule has 0 radical (unpaired) electrons. The van der Waals surface area contributed by atoms with Crippen LogP contribution in [0.15, 0.2) is 54.7 Å². The summed E-state index contributed by atoms with van der Waals surface area (Å²) in [6.45, 7) is 2.15. The minimum absolute atomic E-state index is 0.173. The molecular formula is C27H21FN4O4S. The Labute approximate surface area is 215 Å². The number of carbonyl (C=O) groups excluding carboxylic acids is 1. The first kappa shape index (κ1) is 23.1. The van der Waals surface area contributed by atoms with Gasteiger partial charge in [-0.2, -0.15) is 0 Å². The molecule has 1 N–H and O–H groups in total. The van der Waals surface area contributed by atoms with Gasteiger partial charge >= 0.3 is 6.09 Å². The molecule has 6 rings (SSSR count). The maximum atomic E-state index is 15.0. The van der Waals surface area contributed by atoms with Gasteiger partial charge < -0.3 is 19.5 Å². The molecule has 5 aromatic rings. The molecule has 2 aromatic heterocycles. The van der Waals surface area contributed by atoms with E-state index in [4.69, 9.17) is 19.2 Å². The second-order valence-electron chi connectivity index (χ2n) is 8.65. The molecule has 37 heavy (non-hydrogen) atoms. The Morgan fingerprint density at radius 2 is 2.03 bits per heavy atom. The van der Waals surface area contributed by atoms with Crippen molar-refractivity contribution >= 4 is 38.7 Å². The smallest absolute Gasteiger partial charge is 0.412 e. The summed E-state index contributed by atoms with van der Waals surface area (Å²) in [6, 6.07) is 14.1. The summed E-state index contributed by atoms with van der Waals surface area (Å²) >= 11 is 1.46. The van der Waals surface area contributed by atoms with Crippen LogP contribution in [0.4, 0.5) is 9.18 Å². The monoisotopic (exact) mass is 516 g/mol. The number of methoxy groups -OCH3 is 1. The van der Waals surface area contributed by atoms with E-state index in [1.807, 2.05) is 25.1 Å². The number of hydrogen-bond donors (Lipinski definition) is 1. The van der Waals surface area contributed by atoms with Crippen molar-refractivity contribution in [2.75, 3.05) is 13.7 Å². The zero-order valence-electron chi connectivity index (χ0n) is 19.9. The maximum absolute atomic E-state index is 15.0. The highest BCUT2D eigenvalue weighted by molar-refractivity contribution is 7.22. The van der Waals surface area contributed by atoms with Crippen LogP contribution in [0.5, 0.6) is 17.4 Å². The fraction of sp³-hybridized carbons (Fsp3) is 0.185. The summed E-state index contributed by atoms with van der Waals surface area (Å²) < 4.78 is 32.2. The van der Waals surface area contributed by atoms with Crippen LogP contribution in [0.1, 0.15) is 11.1 Å². The maximum Gasteiger partial charge on any atom is 0.412 e. The molecule has 0 saturated carbocycles. The lowest BCUT2D eigenvalue weighted by molar-refractivity contribution is 0.184. The number of hydrogen-bond acceptors (Lipinski definition) is 8. The number of benzene rings is 3. The third-order valence-corrected chi connectivity index (χ3v) is 7.20. The number of nitrogens with one attached hydrogen (secondary N) is 1. The van der Waals surface area contributed by atoms with E-state index in [0.29, 0.717) is 39.6 Å². The molecule has 3 heterocycles. The Kier molecular flexibility index (Phi) is 5.80. The Bertz CT molecular complexity index is 1660. The second-order valence-corrected chi connectivity index (χ2v) is 9.65. The molecule has 1 aliphatic heterocycles. The Morgan fingerprint density at radius 1 is 1.19 bits per heavy atom. The van der Waals surface area contributed by atoms with Crippen molar-refractivity contribution < 1.29 is 23.4 Å². The highest BCUT2D eigenvalue weighted by Crippen LogP contribution is 2.43. The van der Waals surface area contributed by atoms with E-state index in [1.165, 1.54) is 17.4 Å². The van der Waals surface area contributed by atoms with Crippen LogP contribution in [-0.2, 0) is 6.42 Å². The number of thiazole rings is 1. The van der Waals surface area contributed by atoms with E-state index in [0.717, 1.165) is 21.4 Å². The molecule has 1 amide bonds. The number of aromatic nitrogens is 3. The summed E-state index contributed by atoms with van der Waals surface area (Å²) in [5, 5.41) is 3.41. The largest absolute Gasteiger partial charge is 0.485 e. The number of aryl methyl sites for hydroxylation is 1. The van der Waals surface area contributed by atoms with Gasteiger partial charge in [-0.25, -0.2) is 24.1 Å². The van der Waals surface area contributed by atoms with Crippen molar-refractivity contribution in [1.82, 2.24) is 20.3 Å². The number of nitrogens with zero attached hydrogens (tertiary/aromatic N) is 3. The molecule has 3 aromatic carbocycles. The van der Waals surface area contributed by atoms with Gasteiger partial charge in [0.1, 0.15) is 16.9 Å². The normalized spacial score (nSPS) is 14.4. The van der Waals surface area contributed by atoms with Gasteiger partial charge in [-0.1, -0.05) is 18.2 Å². The average molecular weight is 517 g/mol. The standard InChI is InChI=1S/C27H21FN4O4S/c1-14-8-17(23-20(9-14)31-22(34-2)13-29-23)26-32-21-11-19(28)24-18(25(21)37-26)10-16(35-24)12-30-27(33)36-15-6-4-3-5-7-15/h3-9,11,13,16H,10,12H2,1-2H3,(H,30,33). The first-order chi connectivity index (χ1) is 18.0. The highest BCUT2D eigenvalue weighted by atomic mass is 32.1. The summed E-state index contributed by atoms with van der Waals surface area (Å²) in [4.78, 5) is 25.9. The van der Waals surface area contributed by atoms with Crippen molar-refractivity contribution in [3.05, 3.63) is 71.7 Å². The third kappa shape index (κ3) is 4.40. The van der Waals surface area contributed by atoms with Crippen LogP contribution in [0.2, 0.25) is 0 Å². The number of ether oxygens (including phenoxy) is 3. The van der Waals surface area contributed by atoms with Gasteiger partial charge in [0.2, 0.25) is 5.88 Å². The molecule has 8 nitrogen and oxygen atoms in total. The summed E-state index contributed by atoms with van der Waals surface area (Å²) in [5.74, 6) is 0.585. The van der Waals surface area contributed by atoms with Gasteiger partial charge in [0.25, 0.3) is 0 Å². The van der Waals surface area contributed by atoms with Crippen molar-refractivity contribution in [1.29, 1.82) is 0 Å². The van der Waals surface area contributed by atoms with E-state index in [-0.39, 0.29) is 12.3 Å². The second kappa shape index (κ2) is 9.29. The van der Waals surface area contributed by atoms with Gasteiger partial charge in [-0.3, -0.25) is 0 Å². The zero-order chi connectivity index (χ0) is 25.5. The van der Waals surface area contributed by atoms with Gasteiger partial charge in [0.15, 0.2) is 11.6 Å². The Balaban J connectivity index is 1.27. The topological polar surface area (TPSA) is 95.5 Å². The molecule has 1 atom stereocenters. The van der Waals surface area contributed by atoms with E-state index in [9.17, 15) is 9.18 Å². The summed E-state index contributed by atoms with van der Waals surface area (Å²) in [7, 11) is 1.55. The minimum Gasteiger partial charge on any atom is -0.485 e. The number of halogens is 1. The molecular weight excluding hydrogens is 495 g/mol. The van der Waals surface area contributed by atoms with Crippen molar-refractivity contribution in [3.63, 3.8) is 0 Å². The van der Waals surface area contributed by atoms with Crippen molar-refractivity contribution in [2.24, 2.45) is 0 Å². The molecule has 0 fully saturated rings. The van der Waals surface area contributed by atoms with Crippen LogP contribution in [0, 0.1) is 12.7 Å². The Hall–Kier alpha value is -4.31. The molecule has 0 aliphatic carbocycles. The molecule has 0 bridgehead atoms. The highest BCUT2D eigenvalue weighted by Gasteiger charge is 2.30. The molecule has 1 aliphatic rings. The van der Waals surface area contributed by atoms with Crippen LogP contribution in [0.25, 0.3) is 31.8 Å². The fourth-order valence-electron chi connectivity index (χ4n) is 4.39. The predicted octanol–water partition coefficient (Wildman–Crippen LogP) is 5.45. The van der Waals surface area contributed by atoms with Crippen LogP contribution in [0.3, 0.4) is 0 Å². The number of para-hydroxylation sites is 1. The van der Waals surface area contributed by atoms with Gasteiger partial charge in [0, 0.05) is 23.6 Å². The lowest BCUT2D eigenvalue weighted by atomic mass is 10.1. The minimum atomic E-state index is -0.597. The van der Waals surface area contributed by atoms with Gasteiger partial charge in [0.05, 0.1) is 41.1 Å². The first-order valence-corrected chi connectivity index (χ1v) is 12.4. The first-order valence-electron chi connectivity index (χ1n) is 11.6. The number of amides is 1. The lowest BCUT2D eigenvalue weighted by Gasteiger charge is -2.12. The van der Waals surface area contributed by atoms with Crippen LogP contribution < -0.4 is 19.5 Å². The molecule has 10 heteroatoms. The number of carbonyl (C=O) groups is 1. The molecule has 186 valence electrons. The van der Waals surface area contributed by atoms with Gasteiger partial charge in [-0.05, 0) is 36.8 Å². The van der Waals surface area contributed by atoms with E-state index in [2.05, 4.69) is 15.3 Å². The Morgan fingerprint density at radius 3 is 2.84 bits per heavy atom. The molecule has 1 unspecified atom stereocenters. The van der Waals surface area contributed by atoms with E-state index in [1.54, 1.807) is 37.6 Å².